The zero-order valence-corrected chi connectivity index (χ0v) is 15.7. The molecule has 2 aromatic carbocycles. The first-order chi connectivity index (χ1) is 13.4. The largest absolute Gasteiger partial charge is 0.416 e. The van der Waals surface area contributed by atoms with Crippen molar-refractivity contribution in [2.45, 2.75) is 33.1 Å². The van der Waals surface area contributed by atoms with Crippen LogP contribution in [0.5, 0.6) is 0 Å². The molecule has 0 fully saturated rings. The third-order valence-corrected chi connectivity index (χ3v) is 5.01. The van der Waals surface area contributed by atoms with Crippen LogP contribution in [-0.2, 0) is 19.3 Å². The van der Waals surface area contributed by atoms with E-state index in [1.54, 1.807) is 0 Å². The summed E-state index contributed by atoms with van der Waals surface area (Å²) in [6.45, 7) is 5.42. The summed E-state index contributed by atoms with van der Waals surface area (Å²) in [5.41, 5.74) is 4.03. The SMILES string of the molecule is CCn1nc(-c2ccc(C(F)(F)F)cc2)cc1Cn1c(C)cc2ccccc21. The summed E-state index contributed by atoms with van der Waals surface area (Å²) >= 11 is 0. The van der Waals surface area contributed by atoms with Gasteiger partial charge in [-0.15, -0.1) is 0 Å². The number of fused-ring (bicyclic) bond motifs is 1. The van der Waals surface area contributed by atoms with Gasteiger partial charge < -0.3 is 4.57 Å². The summed E-state index contributed by atoms with van der Waals surface area (Å²) < 4.78 is 42.5. The highest BCUT2D eigenvalue weighted by Gasteiger charge is 2.30. The first kappa shape index (κ1) is 18.3. The fraction of sp³-hybridized carbons (Fsp3) is 0.227. The zero-order valence-electron chi connectivity index (χ0n) is 15.7. The van der Waals surface area contributed by atoms with E-state index < -0.39 is 11.7 Å². The number of nitrogens with zero attached hydrogens (tertiary/aromatic N) is 3. The summed E-state index contributed by atoms with van der Waals surface area (Å²) in [7, 11) is 0. The summed E-state index contributed by atoms with van der Waals surface area (Å²) in [5.74, 6) is 0. The van der Waals surface area contributed by atoms with Crippen molar-refractivity contribution in [3.8, 4) is 11.3 Å². The van der Waals surface area contributed by atoms with E-state index in [0.717, 1.165) is 29.0 Å². The molecule has 0 spiro atoms. The normalized spacial score (nSPS) is 12.0. The van der Waals surface area contributed by atoms with Gasteiger partial charge >= 0.3 is 6.18 Å². The monoisotopic (exact) mass is 383 g/mol. The Balaban J connectivity index is 1.69. The van der Waals surface area contributed by atoms with E-state index in [4.69, 9.17) is 0 Å². The van der Waals surface area contributed by atoms with Crippen molar-refractivity contribution in [1.29, 1.82) is 0 Å². The molecule has 28 heavy (non-hydrogen) atoms. The topological polar surface area (TPSA) is 22.8 Å². The van der Waals surface area contributed by atoms with E-state index in [1.165, 1.54) is 17.5 Å². The molecule has 0 bridgehead atoms. The van der Waals surface area contributed by atoms with E-state index >= 15 is 0 Å². The number of aromatic nitrogens is 3. The lowest BCUT2D eigenvalue weighted by Gasteiger charge is -2.09. The quantitative estimate of drug-likeness (QED) is 0.430. The summed E-state index contributed by atoms with van der Waals surface area (Å²) in [4.78, 5) is 0. The van der Waals surface area contributed by atoms with Crippen LogP contribution in [0.25, 0.3) is 22.2 Å². The molecule has 0 unspecified atom stereocenters. The Labute approximate surface area is 161 Å². The van der Waals surface area contributed by atoms with Gasteiger partial charge in [-0.25, -0.2) is 0 Å². The Morgan fingerprint density at radius 1 is 0.964 bits per heavy atom. The highest BCUT2D eigenvalue weighted by Crippen LogP contribution is 2.31. The second-order valence-electron chi connectivity index (χ2n) is 6.84. The summed E-state index contributed by atoms with van der Waals surface area (Å²) in [6, 6.07) is 17.5. The van der Waals surface area contributed by atoms with Crippen molar-refractivity contribution in [3.63, 3.8) is 0 Å². The number of halogens is 3. The number of benzene rings is 2. The Morgan fingerprint density at radius 3 is 2.36 bits per heavy atom. The van der Waals surface area contributed by atoms with Crippen LogP contribution in [0.2, 0.25) is 0 Å². The van der Waals surface area contributed by atoms with Gasteiger partial charge in [-0.2, -0.15) is 18.3 Å². The molecule has 4 aromatic rings. The van der Waals surface area contributed by atoms with Crippen LogP contribution in [0.4, 0.5) is 13.2 Å². The molecule has 0 aliphatic carbocycles. The zero-order chi connectivity index (χ0) is 19.9. The van der Waals surface area contributed by atoms with Crippen molar-refractivity contribution in [3.05, 3.63) is 77.6 Å². The van der Waals surface area contributed by atoms with Crippen LogP contribution >= 0.6 is 0 Å². The summed E-state index contributed by atoms with van der Waals surface area (Å²) in [5, 5.41) is 5.79. The lowest BCUT2D eigenvalue weighted by atomic mass is 10.1. The first-order valence-corrected chi connectivity index (χ1v) is 9.16. The highest BCUT2D eigenvalue weighted by molar-refractivity contribution is 5.81. The van der Waals surface area contributed by atoms with Crippen molar-refractivity contribution >= 4 is 10.9 Å². The minimum absolute atomic E-state index is 0.652. The van der Waals surface area contributed by atoms with Gasteiger partial charge in [0.1, 0.15) is 0 Å². The average Bonchev–Trinajstić information content (AvgIpc) is 3.22. The van der Waals surface area contributed by atoms with E-state index in [9.17, 15) is 13.2 Å². The fourth-order valence-electron chi connectivity index (χ4n) is 3.55. The van der Waals surface area contributed by atoms with Gasteiger partial charge in [0.15, 0.2) is 0 Å². The van der Waals surface area contributed by atoms with Crippen molar-refractivity contribution < 1.29 is 13.2 Å². The molecule has 4 rings (SSSR count). The minimum Gasteiger partial charge on any atom is -0.339 e. The molecule has 0 amide bonds. The third-order valence-electron chi connectivity index (χ3n) is 5.01. The second-order valence-corrected chi connectivity index (χ2v) is 6.84. The Kier molecular flexibility index (Phi) is 4.49. The van der Waals surface area contributed by atoms with Gasteiger partial charge in [0.25, 0.3) is 0 Å². The van der Waals surface area contributed by atoms with Gasteiger partial charge in [-0.3, -0.25) is 4.68 Å². The molecule has 2 heterocycles. The number of hydrogen-bond acceptors (Lipinski definition) is 1. The molecule has 0 aliphatic rings. The van der Waals surface area contributed by atoms with Gasteiger partial charge in [-0.1, -0.05) is 30.3 Å². The molecule has 0 atom stereocenters. The number of para-hydroxylation sites is 1. The molecule has 0 N–H and O–H groups in total. The van der Waals surface area contributed by atoms with Crippen molar-refractivity contribution in [2.24, 2.45) is 0 Å². The maximum atomic E-state index is 12.8. The maximum Gasteiger partial charge on any atom is 0.416 e. The highest BCUT2D eigenvalue weighted by atomic mass is 19.4. The number of aryl methyl sites for hydroxylation is 2. The van der Waals surface area contributed by atoms with Crippen LogP contribution in [-0.4, -0.2) is 14.3 Å². The van der Waals surface area contributed by atoms with Crippen LogP contribution in [0.15, 0.2) is 60.7 Å². The molecular formula is C22H20F3N3. The third kappa shape index (κ3) is 3.30. The minimum atomic E-state index is -4.33. The molecule has 3 nitrogen and oxygen atoms in total. The van der Waals surface area contributed by atoms with Crippen LogP contribution in [0.3, 0.4) is 0 Å². The van der Waals surface area contributed by atoms with Crippen LogP contribution in [0.1, 0.15) is 23.9 Å². The predicted octanol–water partition coefficient (Wildman–Crippen LogP) is 5.90. The Hall–Kier alpha value is -3.02. The smallest absolute Gasteiger partial charge is 0.339 e. The maximum absolute atomic E-state index is 12.8. The van der Waals surface area contributed by atoms with Gasteiger partial charge in [0.05, 0.1) is 23.5 Å². The van der Waals surface area contributed by atoms with Crippen molar-refractivity contribution in [1.82, 2.24) is 14.3 Å². The standard InChI is InChI=1S/C22H20F3N3/c1-3-28-19(14-27-15(2)12-17-6-4-5-7-21(17)27)13-20(26-28)16-8-10-18(11-9-16)22(23,24)25/h4-13H,3,14H2,1-2H3. The Bertz CT molecular complexity index is 1120. The number of rotatable bonds is 4. The molecule has 0 saturated heterocycles. The van der Waals surface area contributed by atoms with Crippen molar-refractivity contribution in [2.75, 3.05) is 0 Å². The molecular weight excluding hydrogens is 363 g/mol. The first-order valence-electron chi connectivity index (χ1n) is 9.16. The average molecular weight is 383 g/mol. The predicted molar refractivity (Wildman–Crippen MR) is 104 cm³/mol. The lowest BCUT2D eigenvalue weighted by molar-refractivity contribution is -0.137. The number of hydrogen-bond donors (Lipinski definition) is 0. The van der Waals surface area contributed by atoms with Crippen LogP contribution in [0, 0.1) is 6.92 Å². The number of alkyl halides is 3. The van der Waals surface area contributed by atoms with Gasteiger partial charge in [0, 0.05) is 23.3 Å². The molecule has 6 heteroatoms. The molecule has 0 aliphatic heterocycles. The molecule has 0 radical (unpaired) electrons. The lowest BCUT2D eigenvalue weighted by Crippen LogP contribution is -2.08. The van der Waals surface area contributed by atoms with Gasteiger partial charge in [-0.05, 0) is 49.6 Å². The van der Waals surface area contributed by atoms with E-state index in [2.05, 4.69) is 34.8 Å². The van der Waals surface area contributed by atoms with E-state index in [-0.39, 0.29) is 0 Å². The summed E-state index contributed by atoms with van der Waals surface area (Å²) in [6.07, 6.45) is -4.33. The van der Waals surface area contributed by atoms with E-state index in [0.29, 0.717) is 24.3 Å². The Morgan fingerprint density at radius 2 is 1.68 bits per heavy atom. The van der Waals surface area contributed by atoms with Crippen LogP contribution < -0.4 is 0 Å². The second kappa shape index (κ2) is 6.86. The van der Waals surface area contributed by atoms with Gasteiger partial charge in [0.2, 0.25) is 0 Å². The molecule has 0 saturated carbocycles. The van der Waals surface area contributed by atoms with E-state index in [1.807, 2.05) is 29.8 Å². The fourth-order valence-corrected chi connectivity index (χ4v) is 3.55. The molecule has 144 valence electrons. The molecule has 2 aromatic heterocycles.